The first-order valence-corrected chi connectivity index (χ1v) is 6.21. The average Bonchev–Trinajstić information content (AvgIpc) is 2.51. The molecule has 0 aromatic carbocycles. The topological polar surface area (TPSA) is 69.2 Å². The summed E-state index contributed by atoms with van der Waals surface area (Å²) in [4.78, 5) is 11.9. The van der Waals surface area contributed by atoms with E-state index in [9.17, 15) is 13.2 Å². The highest BCUT2D eigenvalue weighted by Crippen LogP contribution is 2.17. The van der Waals surface area contributed by atoms with Crippen molar-refractivity contribution in [3.8, 4) is 11.8 Å². The van der Waals surface area contributed by atoms with Crippen LogP contribution >= 0.6 is 0 Å². The molecule has 0 bridgehead atoms. The number of hydrogen-bond acceptors (Lipinski definition) is 6. The lowest BCUT2D eigenvalue weighted by molar-refractivity contribution is -0.154. The molecule has 2 heterocycles. The Kier molecular flexibility index (Phi) is 4.97. The van der Waals surface area contributed by atoms with E-state index < -0.39 is 12.8 Å². The molecule has 6 nitrogen and oxygen atoms in total. The first kappa shape index (κ1) is 15.8. The monoisotopic (exact) mass is 314 g/mol. The quantitative estimate of drug-likeness (QED) is 0.883. The van der Waals surface area contributed by atoms with Crippen molar-refractivity contribution in [1.29, 1.82) is 0 Å². The Bertz CT molecular complexity index is 605. The summed E-state index contributed by atoms with van der Waals surface area (Å²) < 4.78 is 45.5. The molecule has 1 N–H and O–H groups in total. The highest BCUT2D eigenvalue weighted by Gasteiger charge is 2.28. The maximum Gasteiger partial charge on any atom is 0.422 e. The lowest BCUT2D eigenvalue weighted by atomic mass is 10.3. The fourth-order valence-electron chi connectivity index (χ4n) is 1.48. The van der Waals surface area contributed by atoms with Gasteiger partial charge < -0.3 is 14.8 Å². The molecule has 0 aliphatic carbocycles. The van der Waals surface area contributed by atoms with Crippen molar-refractivity contribution < 1.29 is 22.6 Å². The lowest BCUT2D eigenvalue weighted by Gasteiger charge is -2.09. The molecule has 0 saturated heterocycles. The van der Waals surface area contributed by atoms with Gasteiger partial charge in [0.25, 0.3) is 0 Å². The molecule has 2 rings (SSSR count). The van der Waals surface area contributed by atoms with Gasteiger partial charge >= 0.3 is 6.18 Å². The van der Waals surface area contributed by atoms with E-state index in [4.69, 9.17) is 4.74 Å². The number of halogens is 3. The van der Waals surface area contributed by atoms with Crippen LogP contribution in [-0.4, -0.2) is 34.8 Å². The molecule has 118 valence electrons. The minimum atomic E-state index is -4.38. The zero-order valence-electron chi connectivity index (χ0n) is 11.6. The van der Waals surface area contributed by atoms with E-state index in [1.807, 2.05) is 0 Å². The molecule has 0 atom stereocenters. The number of pyridine rings is 1. The highest BCUT2D eigenvalue weighted by atomic mass is 19.4. The predicted octanol–water partition coefficient (Wildman–Crippen LogP) is 2.43. The van der Waals surface area contributed by atoms with Crippen LogP contribution in [0, 0.1) is 0 Å². The molecular formula is C13H13F3N4O2. The van der Waals surface area contributed by atoms with Crippen LogP contribution in [0.5, 0.6) is 11.8 Å². The minimum absolute atomic E-state index is 0.0845. The maximum absolute atomic E-state index is 12.0. The third-order valence-corrected chi connectivity index (χ3v) is 2.47. The number of aromatic nitrogens is 3. The average molecular weight is 314 g/mol. The second-order valence-electron chi connectivity index (χ2n) is 4.18. The summed E-state index contributed by atoms with van der Waals surface area (Å²) >= 11 is 0. The molecule has 0 amide bonds. The first-order valence-electron chi connectivity index (χ1n) is 6.21. The van der Waals surface area contributed by atoms with E-state index >= 15 is 0 Å². The number of alkyl halides is 3. The Morgan fingerprint density at radius 1 is 1.14 bits per heavy atom. The number of nitrogens with zero attached hydrogens (tertiary/aromatic N) is 3. The summed E-state index contributed by atoms with van der Waals surface area (Å²) in [6.45, 7) is -1.00. The molecular weight excluding hydrogens is 301 g/mol. The molecule has 0 unspecified atom stereocenters. The van der Waals surface area contributed by atoms with Crippen molar-refractivity contribution in [2.75, 3.05) is 19.0 Å². The predicted molar refractivity (Wildman–Crippen MR) is 71.7 cm³/mol. The Labute approximate surface area is 124 Å². The first-order chi connectivity index (χ1) is 10.5. The Morgan fingerprint density at radius 3 is 2.59 bits per heavy atom. The zero-order valence-corrected chi connectivity index (χ0v) is 11.6. The Balaban J connectivity index is 1.88. The third kappa shape index (κ3) is 5.08. The summed E-state index contributed by atoms with van der Waals surface area (Å²) in [5.74, 6) is 0.710. The molecule has 2 aromatic rings. The normalized spacial score (nSPS) is 11.1. The van der Waals surface area contributed by atoms with E-state index in [2.05, 4.69) is 25.0 Å². The fraction of sp³-hybridized carbons (Fsp3) is 0.308. The SMILES string of the molecule is COc1ccnc(NCc2ccc(OCC(F)(F)F)nc2)n1. The van der Waals surface area contributed by atoms with Gasteiger partial charge in [-0.05, 0) is 5.56 Å². The largest absolute Gasteiger partial charge is 0.481 e. The number of nitrogens with one attached hydrogen (secondary N) is 1. The summed E-state index contributed by atoms with van der Waals surface area (Å²) in [5.41, 5.74) is 0.741. The van der Waals surface area contributed by atoms with Crippen molar-refractivity contribution in [3.05, 3.63) is 36.2 Å². The van der Waals surface area contributed by atoms with Gasteiger partial charge in [0, 0.05) is 31.1 Å². The summed E-state index contributed by atoms with van der Waals surface area (Å²) in [6.07, 6.45) is -1.43. The van der Waals surface area contributed by atoms with E-state index in [-0.39, 0.29) is 5.88 Å². The van der Waals surface area contributed by atoms with Crippen LogP contribution < -0.4 is 14.8 Å². The minimum Gasteiger partial charge on any atom is -0.481 e. The van der Waals surface area contributed by atoms with Crippen molar-refractivity contribution in [2.45, 2.75) is 12.7 Å². The van der Waals surface area contributed by atoms with E-state index in [1.54, 1.807) is 18.3 Å². The smallest absolute Gasteiger partial charge is 0.422 e. The van der Waals surface area contributed by atoms with E-state index in [0.29, 0.717) is 18.4 Å². The second-order valence-corrected chi connectivity index (χ2v) is 4.18. The molecule has 0 aliphatic heterocycles. The summed E-state index contributed by atoms with van der Waals surface area (Å²) in [6, 6.07) is 4.58. The third-order valence-electron chi connectivity index (χ3n) is 2.47. The van der Waals surface area contributed by atoms with E-state index in [1.165, 1.54) is 19.4 Å². The van der Waals surface area contributed by atoms with Crippen LogP contribution in [0.2, 0.25) is 0 Å². The van der Waals surface area contributed by atoms with Crippen molar-refractivity contribution >= 4 is 5.95 Å². The standard InChI is InChI=1S/C13H13F3N4O2/c1-21-11-4-5-17-12(20-11)19-7-9-2-3-10(18-6-9)22-8-13(14,15)16/h2-6H,7-8H2,1H3,(H,17,19,20). The van der Waals surface area contributed by atoms with Gasteiger partial charge in [-0.15, -0.1) is 0 Å². The van der Waals surface area contributed by atoms with Crippen LogP contribution in [0.25, 0.3) is 0 Å². The van der Waals surface area contributed by atoms with Crippen molar-refractivity contribution in [1.82, 2.24) is 15.0 Å². The fourth-order valence-corrected chi connectivity index (χ4v) is 1.48. The van der Waals surface area contributed by atoms with Gasteiger partial charge in [-0.25, -0.2) is 9.97 Å². The van der Waals surface area contributed by atoms with Gasteiger partial charge in [0.2, 0.25) is 17.7 Å². The van der Waals surface area contributed by atoms with Crippen LogP contribution in [-0.2, 0) is 6.54 Å². The van der Waals surface area contributed by atoms with Crippen LogP contribution in [0.3, 0.4) is 0 Å². The Morgan fingerprint density at radius 2 is 1.95 bits per heavy atom. The molecule has 0 fully saturated rings. The van der Waals surface area contributed by atoms with Gasteiger partial charge in [-0.2, -0.15) is 18.2 Å². The highest BCUT2D eigenvalue weighted by molar-refractivity contribution is 5.29. The van der Waals surface area contributed by atoms with Crippen molar-refractivity contribution in [3.63, 3.8) is 0 Å². The Hall–Kier alpha value is -2.58. The lowest BCUT2D eigenvalue weighted by Crippen LogP contribution is -2.19. The summed E-state index contributed by atoms with van der Waals surface area (Å²) in [5, 5.41) is 2.95. The number of rotatable bonds is 6. The van der Waals surface area contributed by atoms with Crippen LogP contribution in [0.1, 0.15) is 5.56 Å². The molecule has 2 aromatic heterocycles. The second kappa shape index (κ2) is 6.92. The van der Waals surface area contributed by atoms with Gasteiger partial charge in [0.1, 0.15) is 0 Å². The molecule has 0 aliphatic rings. The zero-order chi connectivity index (χ0) is 16.0. The number of anilines is 1. The van der Waals surface area contributed by atoms with Gasteiger partial charge in [0.05, 0.1) is 7.11 Å². The van der Waals surface area contributed by atoms with E-state index in [0.717, 1.165) is 5.56 Å². The molecule has 22 heavy (non-hydrogen) atoms. The number of hydrogen-bond donors (Lipinski definition) is 1. The van der Waals surface area contributed by atoms with Crippen LogP contribution in [0.15, 0.2) is 30.6 Å². The summed E-state index contributed by atoms with van der Waals surface area (Å²) in [7, 11) is 1.50. The van der Waals surface area contributed by atoms with Gasteiger partial charge in [-0.3, -0.25) is 0 Å². The number of methoxy groups -OCH3 is 1. The molecule has 0 saturated carbocycles. The molecule has 9 heteroatoms. The maximum atomic E-state index is 12.0. The molecule has 0 radical (unpaired) electrons. The number of ether oxygens (including phenoxy) is 2. The van der Waals surface area contributed by atoms with Gasteiger partial charge in [-0.1, -0.05) is 6.07 Å². The molecule has 0 spiro atoms. The van der Waals surface area contributed by atoms with Crippen molar-refractivity contribution in [2.24, 2.45) is 0 Å². The van der Waals surface area contributed by atoms with Gasteiger partial charge in [0.15, 0.2) is 6.61 Å². The van der Waals surface area contributed by atoms with Crippen LogP contribution in [0.4, 0.5) is 19.1 Å².